The van der Waals surface area contributed by atoms with Crippen LogP contribution in [0.2, 0.25) is 0 Å². The number of hydrogen-bond donors (Lipinski definition) is 1. The van der Waals surface area contributed by atoms with E-state index >= 15 is 0 Å². The topological polar surface area (TPSA) is 112 Å². The number of aryl methyl sites for hydroxylation is 2. The molecule has 0 saturated carbocycles. The second kappa shape index (κ2) is 7.57. The standard InChI is InChI=1S/C18H18N2O5/c1-11-6-7-14(8-12(11)2)18(23)19-16(10-17(21)22)13-4-3-5-15(9-13)20(24)25/h3-9,16H,10H2,1-2H3,(H,19,23)(H,21,22)/p-1/t16-/m1/s1. The van der Waals surface area contributed by atoms with E-state index in [-0.39, 0.29) is 5.69 Å². The first-order valence-corrected chi connectivity index (χ1v) is 7.60. The summed E-state index contributed by atoms with van der Waals surface area (Å²) in [6.45, 7) is 3.78. The second-order valence-corrected chi connectivity index (χ2v) is 5.75. The Hall–Kier alpha value is -3.22. The summed E-state index contributed by atoms with van der Waals surface area (Å²) < 4.78 is 0. The Morgan fingerprint density at radius 2 is 1.84 bits per heavy atom. The van der Waals surface area contributed by atoms with E-state index in [4.69, 9.17) is 0 Å². The van der Waals surface area contributed by atoms with Gasteiger partial charge in [0, 0.05) is 30.1 Å². The summed E-state index contributed by atoms with van der Waals surface area (Å²) in [7, 11) is 0. The van der Waals surface area contributed by atoms with Gasteiger partial charge in [0.15, 0.2) is 0 Å². The fourth-order valence-electron chi connectivity index (χ4n) is 2.40. The molecular weight excluding hydrogens is 324 g/mol. The van der Waals surface area contributed by atoms with Crippen LogP contribution in [0.3, 0.4) is 0 Å². The van der Waals surface area contributed by atoms with Gasteiger partial charge in [-0.25, -0.2) is 0 Å². The molecule has 0 spiro atoms. The molecule has 1 N–H and O–H groups in total. The largest absolute Gasteiger partial charge is 0.550 e. The Labute approximate surface area is 144 Å². The van der Waals surface area contributed by atoms with Crippen LogP contribution in [0.1, 0.15) is 39.5 Å². The zero-order valence-electron chi connectivity index (χ0n) is 13.8. The van der Waals surface area contributed by atoms with Crippen LogP contribution in [-0.2, 0) is 4.79 Å². The van der Waals surface area contributed by atoms with Crippen LogP contribution in [0.15, 0.2) is 42.5 Å². The van der Waals surface area contributed by atoms with Gasteiger partial charge in [-0.2, -0.15) is 0 Å². The van der Waals surface area contributed by atoms with Crippen LogP contribution >= 0.6 is 0 Å². The Balaban J connectivity index is 2.29. The minimum Gasteiger partial charge on any atom is -0.550 e. The summed E-state index contributed by atoms with van der Waals surface area (Å²) in [6.07, 6.45) is -0.488. The molecule has 0 radical (unpaired) electrons. The molecule has 0 unspecified atom stereocenters. The van der Waals surface area contributed by atoms with Crippen molar-refractivity contribution < 1.29 is 19.6 Å². The molecule has 25 heavy (non-hydrogen) atoms. The molecule has 0 heterocycles. The van der Waals surface area contributed by atoms with Gasteiger partial charge in [-0.3, -0.25) is 14.9 Å². The van der Waals surface area contributed by atoms with Gasteiger partial charge in [-0.05, 0) is 42.7 Å². The molecular formula is C18H17N2O5-. The van der Waals surface area contributed by atoms with Crippen LogP contribution in [-0.4, -0.2) is 16.8 Å². The molecule has 0 bridgehead atoms. The number of hydrogen-bond acceptors (Lipinski definition) is 5. The number of nitro benzene ring substituents is 1. The summed E-state index contributed by atoms with van der Waals surface area (Å²) in [4.78, 5) is 33.8. The maximum absolute atomic E-state index is 12.4. The highest BCUT2D eigenvalue weighted by Crippen LogP contribution is 2.22. The Bertz CT molecular complexity index is 832. The van der Waals surface area contributed by atoms with Crippen molar-refractivity contribution in [2.75, 3.05) is 0 Å². The molecule has 0 fully saturated rings. The van der Waals surface area contributed by atoms with E-state index in [1.807, 2.05) is 13.8 Å². The summed E-state index contributed by atoms with van der Waals surface area (Å²) >= 11 is 0. The third kappa shape index (κ3) is 4.63. The van der Waals surface area contributed by atoms with Crippen molar-refractivity contribution in [1.82, 2.24) is 5.32 Å². The van der Waals surface area contributed by atoms with E-state index < -0.39 is 29.3 Å². The summed E-state index contributed by atoms with van der Waals surface area (Å²) in [5.41, 5.74) is 2.50. The average Bonchev–Trinajstić information content (AvgIpc) is 2.56. The normalized spacial score (nSPS) is 11.6. The Morgan fingerprint density at radius 1 is 1.12 bits per heavy atom. The van der Waals surface area contributed by atoms with Gasteiger partial charge in [-0.1, -0.05) is 18.2 Å². The predicted molar refractivity (Wildman–Crippen MR) is 88.8 cm³/mol. The lowest BCUT2D eigenvalue weighted by Crippen LogP contribution is -2.34. The molecule has 130 valence electrons. The van der Waals surface area contributed by atoms with Gasteiger partial charge in [0.25, 0.3) is 11.6 Å². The highest BCUT2D eigenvalue weighted by molar-refractivity contribution is 5.95. The monoisotopic (exact) mass is 341 g/mol. The van der Waals surface area contributed by atoms with Crippen LogP contribution in [0.25, 0.3) is 0 Å². The number of nitro groups is 1. The van der Waals surface area contributed by atoms with E-state index in [1.54, 1.807) is 18.2 Å². The van der Waals surface area contributed by atoms with E-state index in [2.05, 4.69) is 5.32 Å². The van der Waals surface area contributed by atoms with Crippen LogP contribution in [0.5, 0.6) is 0 Å². The molecule has 0 aliphatic heterocycles. The number of nitrogens with one attached hydrogen (secondary N) is 1. The number of benzene rings is 2. The SMILES string of the molecule is Cc1ccc(C(=O)N[C@H](CC(=O)[O-])c2cccc([N+](=O)[O-])c2)cc1C. The minimum absolute atomic E-state index is 0.179. The Kier molecular flexibility index (Phi) is 5.49. The number of rotatable bonds is 6. The van der Waals surface area contributed by atoms with Gasteiger partial charge in [0.1, 0.15) is 0 Å². The fraction of sp³-hybridized carbons (Fsp3) is 0.222. The van der Waals surface area contributed by atoms with Gasteiger partial charge in [0.05, 0.1) is 11.0 Å². The summed E-state index contributed by atoms with van der Waals surface area (Å²) in [6, 6.07) is 9.72. The van der Waals surface area contributed by atoms with Crippen molar-refractivity contribution in [1.29, 1.82) is 0 Å². The van der Waals surface area contributed by atoms with Crippen LogP contribution < -0.4 is 10.4 Å². The molecule has 1 amide bonds. The summed E-state index contributed by atoms with van der Waals surface area (Å²) in [5, 5.41) is 24.5. The van der Waals surface area contributed by atoms with Crippen molar-refractivity contribution in [2.45, 2.75) is 26.3 Å². The van der Waals surface area contributed by atoms with Gasteiger partial charge in [0.2, 0.25) is 0 Å². The highest BCUT2D eigenvalue weighted by Gasteiger charge is 2.19. The van der Waals surface area contributed by atoms with E-state index in [0.29, 0.717) is 11.1 Å². The quantitative estimate of drug-likeness (QED) is 0.636. The molecule has 1 atom stereocenters. The first-order valence-electron chi connectivity index (χ1n) is 7.60. The number of amides is 1. The third-order valence-electron chi connectivity index (χ3n) is 3.93. The lowest BCUT2D eigenvalue weighted by Gasteiger charge is -2.20. The number of carbonyl (C=O) groups excluding carboxylic acids is 2. The van der Waals surface area contributed by atoms with Crippen molar-refractivity contribution in [3.8, 4) is 0 Å². The number of carbonyl (C=O) groups is 2. The summed E-state index contributed by atoms with van der Waals surface area (Å²) in [5.74, 6) is -1.82. The fourth-order valence-corrected chi connectivity index (χ4v) is 2.40. The van der Waals surface area contributed by atoms with E-state index in [1.165, 1.54) is 24.3 Å². The second-order valence-electron chi connectivity index (χ2n) is 5.75. The maximum atomic E-state index is 12.4. The molecule has 2 aromatic rings. The first kappa shape index (κ1) is 18.1. The molecule has 0 saturated heterocycles. The molecule has 2 aromatic carbocycles. The molecule has 0 aliphatic rings. The number of carboxylic acids is 1. The minimum atomic E-state index is -1.36. The molecule has 2 rings (SSSR count). The zero-order valence-corrected chi connectivity index (χ0v) is 13.8. The van der Waals surface area contributed by atoms with Crippen molar-refractivity contribution in [3.63, 3.8) is 0 Å². The average molecular weight is 341 g/mol. The van der Waals surface area contributed by atoms with E-state index in [0.717, 1.165) is 11.1 Å². The lowest BCUT2D eigenvalue weighted by molar-refractivity contribution is -0.385. The van der Waals surface area contributed by atoms with Gasteiger partial charge >= 0.3 is 0 Å². The molecule has 0 aliphatic carbocycles. The number of non-ortho nitro benzene ring substituents is 1. The third-order valence-corrected chi connectivity index (χ3v) is 3.93. The predicted octanol–water partition coefficient (Wildman–Crippen LogP) is 1.82. The zero-order chi connectivity index (χ0) is 18.6. The molecule has 7 nitrogen and oxygen atoms in total. The first-order chi connectivity index (χ1) is 11.8. The molecule has 0 aromatic heterocycles. The van der Waals surface area contributed by atoms with E-state index in [9.17, 15) is 24.8 Å². The number of nitrogens with zero attached hydrogens (tertiary/aromatic N) is 1. The highest BCUT2D eigenvalue weighted by atomic mass is 16.6. The smallest absolute Gasteiger partial charge is 0.269 e. The van der Waals surface area contributed by atoms with Gasteiger partial charge < -0.3 is 15.2 Å². The van der Waals surface area contributed by atoms with Crippen molar-refractivity contribution in [2.24, 2.45) is 0 Å². The van der Waals surface area contributed by atoms with Gasteiger partial charge in [-0.15, -0.1) is 0 Å². The van der Waals surface area contributed by atoms with Crippen molar-refractivity contribution in [3.05, 3.63) is 74.8 Å². The number of carboxylic acid groups (broad SMARTS) is 1. The lowest BCUT2D eigenvalue weighted by atomic mass is 10.0. The Morgan fingerprint density at radius 3 is 2.44 bits per heavy atom. The van der Waals surface area contributed by atoms with Crippen LogP contribution in [0.4, 0.5) is 5.69 Å². The molecule has 7 heteroatoms. The maximum Gasteiger partial charge on any atom is 0.269 e. The number of aliphatic carboxylic acids is 1. The van der Waals surface area contributed by atoms with Crippen LogP contribution in [0, 0.1) is 24.0 Å². The van der Waals surface area contributed by atoms with Crippen molar-refractivity contribution >= 4 is 17.6 Å².